The third-order valence-electron chi connectivity index (χ3n) is 2.35. The van der Waals surface area contributed by atoms with E-state index in [4.69, 9.17) is 4.52 Å². The summed E-state index contributed by atoms with van der Waals surface area (Å²) in [6.07, 6.45) is 2.36. The molecule has 0 amide bonds. The Morgan fingerprint density at radius 3 is 2.78 bits per heavy atom. The van der Waals surface area contributed by atoms with Crippen molar-refractivity contribution < 1.29 is 4.52 Å². The Hall–Kier alpha value is -1.75. The number of nitrogens with zero attached hydrogens (tertiary/aromatic N) is 3. The number of nitrogens with one attached hydrogen (secondary N) is 1. The van der Waals surface area contributed by atoms with Crippen molar-refractivity contribution in [2.45, 2.75) is 39.3 Å². The van der Waals surface area contributed by atoms with Gasteiger partial charge in [-0.15, -0.1) is 0 Å². The summed E-state index contributed by atoms with van der Waals surface area (Å²) in [5.74, 6) is 1.27. The molecule has 0 aliphatic rings. The van der Waals surface area contributed by atoms with E-state index in [0.29, 0.717) is 24.7 Å². The fraction of sp³-hybridized carbons (Fsp3) is 0.462. The molecule has 1 N–H and O–H groups in total. The van der Waals surface area contributed by atoms with Gasteiger partial charge in [0.1, 0.15) is 0 Å². The van der Waals surface area contributed by atoms with Gasteiger partial charge < -0.3 is 9.84 Å². The van der Waals surface area contributed by atoms with E-state index in [1.54, 1.807) is 6.20 Å². The maximum atomic E-state index is 5.18. The van der Waals surface area contributed by atoms with Gasteiger partial charge in [-0.25, -0.2) is 0 Å². The second-order valence-electron chi connectivity index (χ2n) is 5.21. The van der Waals surface area contributed by atoms with Crippen LogP contribution in [-0.4, -0.2) is 20.7 Å². The summed E-state index contributed by atoms with van der Waals surface area (Å²) < 4.78 is 5.18. The third-order valence-corrected chi connectivity index (χ3v) is 2.35. The van der Waals surface area contributed by atoms with Crippen LogP contribution in [0.2, 0.25) is 0 Å². The van der Waals surface area contributed by atoms with Crippen molar-refractivity contribution in [3.63, 3.8) is 0 Å². The Balaban J connectivity index is 1.94. The first-order chi connectivity index (χ1) is 8.53. The molecule has 0 radical (unpaired) electrons. The lowest BCUT2D eigenvalue weighted by Gasteiger charge is -2.18. The Labute approximate surface area is 107 Å². The number of hydrogen-bond donors (Lipinski definition) is 1. The Kier molecular flexibility index (Phi) is 3.72. The monoisotopic (exact) mass is 246 g/mol. The lowest BCUT2D eigenvalue weighted by Crippen LogP contribution is -2.35. The summed E-state index contributed by atoms with van der Waals surface area (Å²) in [4.78, 5) is 8.56. The minimum Gasteiger partial charge on any atom is -0.338 e. The largest absolute Gasteiger partial charge is 0.338 e. The highest BCUT2D eigenvalue weighted by atomic mass is 16.5. The molecule has 0 spiro atoms. The molecule has 0 aromatic carbocycles. The van der Waals surface area contributed by atoms with E-state index >= 15 is 0 Å². The highest BCUT2D eigenvalue weighted by Crippen LogP contribution is 2.06. The second-order valence-corrected chi connectivity index (χ2v) is 5.21. The molecular weight excluding hydrogens is 228 g/mol. The number of aromatic nitrogens is 3. The highest BCUT2D eigenvalue weighted by molar-refractivity contribution is 5.09. The number of rotatable bonds is 4. The predicted octanol–water partition coefficient (Wildman–Crippen LogP) is 1.94. The molecule has 5 heteroatoms. The highest BCUT2D eigenvalue weighted by Gasteiger charge is 2.12. The standard InChI is InChI=1S/C13H18N4O/c1-13(2,3)15-9-12-16-11(17-18-12)8-10-6-4-5-7-14-10/h4-7,15H,8-9H2,1-3H3. The maximum Gasteiger partial charge on any atom is 0.240 e. The van der Waals surface area contributed by atoms with Crippen LogP contribution >= 0.6 is 0 Å². The Morgan fingerprint density at radius 2 is 2.11 bits per heavy atom. The minimum absolute atomic E-state index is 0.0373. The van der Waals surface area contributed by atoms with Crippen LogP contribution in [0.25, 0.3) is 0 Å². The fourth-order valence-electron chi connectivity index (χ4n) is 1.44. The molecule has 18 heavy (non-hydrogen) atoms. The molecule has 0 atom stereocenters. The van der Waals surface area contributed by atoms with Gasteiger partial charge in [-0.05, 0) is 32.9 Å². The van der Waals surface area contributed by atoms with E-state index < -0.39 is 0 Å². The molecular formula is C13H18N4O. The van der Waals surface area contributed by atoms with Gasteiger partial charge in [0.05, 0.1) is 13.0 Å². The summed E-state index contributed by atoms with van der Waals surface area (Å²) in [5.41, 5.74) is 0.976. The van der Waals surface area contributed by atoms with Crippen molar-refractivity contribution in [2.75, 3.05) is 0 Å². The molecule has 96 valence electrons. The molecule has 2 aromatic heterocycles. The van der Waals surface area contributed by atoms with Crippen molar-refractivity contribution in [3.8, 4) is 0 Å². The van der Waals surface area contributed by atoms with Crippen LogP contribution in [0.1, 0.15) is 38.2 Å². The first-order valence-electron chi connectivity index (χ1n) is 5.99. The smallest absolute Gasteiger partial charge is 0.240 e. The van der Waals surface area contributed by atoms with E-state index in [0.717, 1.165) is 5.69 Å². The van der Waals surface area contributed by atoms with Crippen molar-refractivity contribution >= 4 is 0 Å². The van der Waals surface area contributed by atoms with Gasteiger partial charge >= 0.3 is 0 Å². The van der Waals surface area contributed by atoms with Gasteiger partial charge in [0.2, 0.25) is 5.89 Å². The molecule has 0 unspecified atom stereocenters. The van der Waals surface area contributed by atoms with Crippen LogP contribution in [0.15, 0.2) is 28.9 Å². The SMILES string of the molecule is CC(C)(C)NCc1nc(Cc2ccccn2)no1. The van der Waals surface area contributed by atoms with Crippen LogP contribution in [0.5, 0.6) is 0 Å². The number of hydrogen-bond acceptors (Lipinski definition) is 5. The molecule has 0 aliphatic carbocycles. The first kappa shape index (κ1) is 12.7. The van der Waals surface area contributed by atoms with Gasteiger partial charge in [-0.3, -0.25) is 4.98 Å². The average molecular weight is 246 g/mol. The van der Waals surface area contributed by atoms with Crippen LogP contribution in [0.4, 0.5) is 0 Å². The minimum atomic E-state index is 0.0373. The van der Waals surface area contributed by atoms with Crippen molar-refractivity contribution in [3.05, 3.63) is 41.8 Å². The van der Waals surface area contributed by atoms with Gasteiger partial charge in [0.25, 0.3) is 0 Å². The summed E-state index contributed by atoms with van der Waals surface area (Å²) in [5, 5.41) is 7.25. The van der Waals surface area contributed by atoms with Gasteiger partial charge in [-0.2, -0.15) is 4.98 Å². The zero-order valence-electron chi connectivity index (χ0n) is 11.0. The summed E-state index contributed by atoms with van der Waals surface area (Å²) in [6, 6.07) is 5.78. The Morgan fingerprint density at radius 1 is 1.28 bits per heavy atom. The lowest BCUT2D eigenvalue weighted by molar-refractivity contribution is 0.334. The summed E-state index contributed by atoms with van der Waals surface area (Å²) in [6.45, 7) is 6.87. The topological polar surface area (TPSA) is 63.8 Å². The fourth-order valence-corrected chi connectivity index (χ4v) is 1.44. The van der Waals surface area contributed by atoms with Crippen LogP contribution in [0, 0.1) is 0 Å². The molecule has 0 saturated carbocycles. The summed E-state index contributed by atoms with van der Waals surface area (Å²) >= 11 is 0. The predicted molar refractivity (Wildman–Crippen MR) is 67.9 cm³/mol. The molecule has 0 aliphatic heterocycles. The molecule has 0 saturated heterocycles. The third kappa shape index (κ3) is 3.92. The quantitative estimate of drug-likeness (QED) is 0.893. The molecule has 2 heterocycles. The normalized spacial score (nSPS) is 11.7. The van der Waals surface area contributed by atoms with Crippen molar-refractivity contribution in [2.24, 2.45) is 0 Å². The van der Waals surface area contributed by atoms with E-state index in [9.17, 15) is 0 Å². The van der Waals surface area contributed by atoms with Crippen LogP contribution in [-0.2, 0) is 13.0 Å². The zero-order chi connectivity index (χ0) is 13.0. The second kappa shape index (κ2) is 5.27. The number of pyridine rings is 1. The summed E-state index contributed by atoms with van der Waals surface area (Å²) in [7, 11) is 0. The Bertz CT molecular complexity index is 487. The van der Waals surface area contributed by atoms with E-state index in [-0.39, 0.29) is 5.54 Å². The average Bonchev–Trinajstić information content (AvgIpc) is 2.75. The van der Waals surface area contributed by atoms with E-state index in [1.807, 2.05) is 18.2 Å². The van der Waals surface area contributed by atoms with Gasteiger partial charge in [0.15, 0.2) is 5.82 Å². The van der Waals surface area contributed by atoms with E-state index in [2.05, 4.69) is 41.2 Å². The van der Waals surface area contributed by atoms with Gasteiger partial charge in [-0.1, -0.05) is 11.2 Å². The molecule has 5 nitrogen and oxygen atoms in total. The van der Waals surface area contributed by atoms with Crippen molar-refractivity contribution in [1.29, 1.82) is 0 Å². The molecule has 2 aromatic rings. The van der Waals surface area contributed by atoms with Crippen molar-refractivity contribution in [1.82, 2.24) is 20.4 Å². The maximum absolute atomic E-state index is 5.18. The van der Waals surface area contributed by atoms with Crippen LogP contribution in [0.3, 0.4) is 0 Å². The molecule has 2 rings (SSSR count). The van der Waals surface area contributed by atoms with Crippen LogP contribution < -0.4 is 5.32 Å². The first-order valence-corrected chi connectivity index (χ1v) is 5.99. The van der Waals surface area contributed by atoms with E-state index in [1.165, 1.54) is 0 Å². The van der Waals surface area contributed by atoms with Gasteiger partial charge in [0, 0.05) is 17.4 Å². The lowest BCUT2D eigenvalue weighted by atomic mass is 10.1. The zero-order valence-corrected chi connectivity index (χ0v) is 11.0. The molecule has 0 bridgehead atoms. The molecule has 0 fully saturated rings.